The van der Waals surface area contributed by atoms with E-state index in [-0.39, 0.29) is 11.3 Å². The maximum atomic E-state index is 13.4. The number of aryl methyl sites for hydroxylation is 1. The fourth-order valence-electron chi connectivity index (χ4n) is 4.64. The smallest absolute Gasteiger partial charge is 0.300 e. The Morgan fingerprint density at radius 1 is 1.03 bits per heavy atom. The van der Waals surface area contributed by atoms with E-state index >= 15 is 0 Å². The summed E-state index contributed by atoms with van der Waals surface area (Å²) < 4.78 is 5.91. The van der Waals surface area contributed by atoms with Gasteiger partial charge in [0.05, 0.1) is 23.2 Å². The Morgan fingerprint density at radius 3 is 2.31 bits per heavy atom. The number of methoxy groups -OCH3 is 1. The maximum Gasteiger partial charge on any atom is 0.300 e. The molecule has 1 aliphatic rings. The average molecular weight is 549 g/mol. The molecular formula is C29H29BrN2O4. The van der Waals surface area contributed by atoms with Crippen LogP contribution in [0.4, 0.5) is 11.4 Å². The number of amides is 1. The number of carbonyl (C=O) groups is 2. The summed E-state index contributed by atoms with van der Waals surface area (Å²) in [4.78, 5) is 30.5. The Labute approximate surface area is 219 Å². The van der Waals surface area contributed by atoms with Crippen molar-refractivity contribution in [2.75, 3.05) is 30.0 Å². The third-order valence-electron chi connectivity index (χ3n) is 6.48. The molecule has 1 saturated heterocycles. The van der Waals surface area contributed by atoms with E-state index in [0.717, 1.165) is 29.9 Å². The zero-order valence-electron chi connectivity index (χ0n) is 20.8. The van der Waals surface area contributed by atoms with Crippen molar-refractivity contribution in [2.45, 2.75) is 26.8 Å². The van der Waals surface area contributed by atoms with Crippen LogP contribution in [-0.4, -0.2) is 37.0 Å². The van der Waals surface area contributed by atoms with Crippen molar-refractivity contribution in [1.82, 2.24) is 0 Å². The predicted octanol–water partition coefficient (Wildman–Crippen LogP) is 6.24. The van der Waals surface area contributed by atoms with Crippen LogP contribution in [-0.2, 0) is 9.59 Å². The first-order chi connectivity index (χ1) is 17.3. The highest BCUT2D eigenvalue weighted by molar-refractivity contribution is 9.10. The summed E-state index contributed by atoms with van der Waals surface area (Å²) in [6.07, 6.45) is 0. The van der Waals surface area contributed by atoms with Gasteiger partial charge >= 0.3 is 0 Å². The second-order valence-corrected chi connectivity index (χ2v) is 9.48. The van der Waals surface area contributed by atoms with Crippen LogP contribution in [0.25, 0.3) is 5.76 Å². The highest BCUT2D eigenvalue weighted by atomic mass is 79.9. The predicted molar refractivity (Wildman–Crippen MR) is 147 cm³/mol. The van der Waals surface area contributed by atoms with Crippen molar-refractivity contribution in [3.8, 4) is 5.75 Å². The number of halogens is 1. The molecule has 36 heavy (non-hydrogen) atoms. The van der Waals surface area contributed by atoms with E-state index in [9.17, 15) is 14.7 Å². The number of hydrogen-bond acceptors (Lipinski definition) is 5. The minimum atomic E-state index is -0.773. The Balaban J connectivity index is 1.88. The molecule has 0 bridgehead atoms. The number of carbonyl (C=O) groups excluding carboxylic acids is 2. The molecule has 186 valence electrons. The molecule has 0 radical (unpaired) electrons. The fraction of sp³-hybridized carbons (Fsp3) is 0.241. The first-order valence-electron chi connectivity index (χ1n) is 11.9. The lowest BCUT2D eigenvalue weighted by Gasteiger charge is -2.27. The van der Waals surface area contributed by atoms with Crippen LogP contribution >= 0.6 is 15.9 Å². The van der Waals surface area contributed by atoms with E-state index in [1.54, 1.807) is 25.3 Å². The summed E-state index contributed by atoms with van der Waals surface area (Å²) in [5.74, 6) is -1.04. The van der Waals surface area contributed by atoms with Gasteiger partial charge in [-0.3, -0.25) is 14.5 Å². The van der Waals surface area contributed by atoms with E-state index in [0.29, 0.717) is 21.5 Å². The molecule has 0 spiro atoms. The molecule has 1 fully saturated rings. The summed E-state index contributed by atoms with van der Waals surface area (Å²) >= 11 is 3.43. The highest BCUT2D eigenvalue weighted by Gasteiger charge is 2.47. The molecule has 1 unspecified atom stereocenters. The van der Waals surface area contributed by atoms with Gasteiger partial charge in [0, 0.05) is 30.0 Å². The molecule has 4 rings (SSSR count). The SMILES string of the molecule is CCN(CC)c1ccc(N2C(=O)C(=O)/C(=C(\O)c3ccc(OC)c(Br)c3)C2c2cccc(C)c2)cc1. The van der Waals surface area contributed by atoms with Gasteiger partial charge in [-0.1, -0.05) is 29.8 Å². The van der Waals surface area contributed by atoms with Crippen LogP contribution in [0.3, 0.4) is 0 Å². The molecule has 1 atom stereocenters. The van der Waals surface area contributed by atoms with E-state index in [2.05, 4.69) is 34.7 Å². The summed E-state index contributed by atoms with van der Waals surface area (Å²) in [5, 5.41) is 11.4. The number of Topliss-reactive ketones (excluding diaryl/α,β-unsaturated/α-hetero) is 1. The van der Waals surface area contributed by atoms with Gasteiger partial charge in [-0.15, -0.1) is 0 Å². The van der Waals surface area contributed by atoms with Crippen LogP contribution in [0, 0.1) is 6.92 Å². The number of ketones is 1. The monoisotopic (exact) mass is 548 g/mol. The van der Waals surface area contributed by atoms with Gasteiger partial charge in [-0.2, -0.15) is 0 Å². The van der Waals surface area contributed by atoms with Gasteiger partial charge in [-0.25, -0.2) is 0 Å². The number of rotatable bonds is 7. The van der Waals surface area contributed by atoms with Crippen molar-refractivity contribution in [2.24, 2.45) is 0 Å². The number of ether oxygens (including phenoxy) is 1. The van der Waals surface area contributed by atoms with Crippen LogP contribution in [0.1, 0.15) is 36.6 Å². The topological polar surface area (TPSA) is 70.1 Å². The van der Waals surface area contributed by atoms with Crippen LogP contribution in [0.15, 0.2) is 76.8 Å². The third-order valence-corrected chi connectivity index (χ3v) is 7.10. The minimum Gasteiger partial charge on any atom is -0.507 e. The quantitative estimate of drug-likeness (QED) is 0.215. The van der Waals surface area contributed by atoms with E-state index < -0.39 is 17.7 Å². The van der Waals surface area contributed by atoms with Gasteiger partial charge in [0.15, 0.2) is 0 Å². The minimum absolute atomic E-state index is 0.0514. The lowest BCUT2D eigenvalue weighted by atomic mass is 9.94. The zero-order chi connectivity index (χ0) is 26.0. The summed E-state index contributed by atoms with van der Waals surface area (Å²) in [7, 11) is 1.55. The summed E-state index contributed by atoms with van der Waals surface area (Å²) in [6, 6.07) is 19.5. The second-order valence-electron chi connectivity index (χ2n) is 8.62. The van der Waals surface area contributed by atoms with E-state index in [1.165, 1.54) is 4.90 Å². The lowest BCUT2D eigenvalue weighted by molar-refractivity contribution is -0.132. The van der Waals surface area contributed by atoms with Crippen molar-refractivity contribution in [1.29, 1.82) is 0 Å². The molecule has 0 saturated carbocycles. The van der Waals surface area contributed by atoms with Crippen LogP contribution in [0.2, 0.25) is 0 Å². The van der Waals surface area contributed by atoms with Gasteiger partial charge in [0.1, 0.15) is 11.5 Å². The third kappa shape index (κ3) is 4.63. The van der Waals surface area contributed by atoms with Crippen LogP contribution in [0.5, 0.6) is 5.75 Å². The first-order valence-corrected chi connectivity index (χ1v) is 12.7. The summed E-state index contributed by atoms with van der Waals surface area (Å²) in [5.41, 5.74) is 3.83. The lowest BCUT2D eigenvalue weighted by Crippen LogP contribution is -2.29. The van der Waals surface area contributed by atoms with E-state index in [1.807, 2.05) is 55.5 Å². The van der Waals surface area contributed by atoms with Crippen molar-refractivity contribution in [3.05, 3.63) is 93.5 Å². The van der Waals surface area contributed by atoms with Gasteiger partial charge in [0.25, 0.3) is 11.7 Å². The molecule has 1 N–H and O–H groups in total. The molecular weight excluding hydrogens is 520 g/mol. The molecule has 7 heteroatoms. The Hall–Kier alpha value is -3.58. The van der Waals surface area contributed by atoms with Gasteiger partial charge < -0.3 is 14.7 Å². The zero-order valence-corrected chi connectivity index (χ0v) is 22.4. The molecule has 1 amide bonds. The molecule has 3 aromatic carbocycles. The second kappa shape index (κ2) is 10.6. The van der Waals surface area contributed by atoms with Crippen LogP contribution < -0.4 is 14.5 Å². The Morgan fingerprint density at radius 2 is 1.72 bits per heavy atom. The fourth-order valence-corrected chi connectivity index (χ4v) is 5.18. The average Bonchev–Trinajstić information content (AvgIpc) is 3.15. The van der Waals surface area contributed by atoms with Gasteiger partial charge in [-0.05, 0) is 84.7 Å². The number of aliphatic hydroxyl groups is 1. The molecule has 0 aromatic heterocycles. The Bertz CT molecular complexity index is 1330. The molecule has 3 aromatic rings. The molecule has 1 heterocycles. The van der Waals surface area contributed by atoms with Gasteiger partial charge in [0.2, 0.25) is 0 Å². The van der Waals surface area contributed by atoms with Crippen molar-refractivity contribution in [3.63, 3.8) is 0 Å². The molecule has 6 nitrogen and oxygen atoms in total. The van der Waals surface area contributed by atoms with E-state index in [4.69, 9.17) is 4.74 Å². The number of benzene rings is 3. The molecule has 1 aliphatic heterocycles. The first kappa shape index (κ1) is 25.5. The number of anilines is 2. The highest BCUT2D eigenvalue weighted by Crippen LogP contribution is 2.43. The van der Waals surface area contributed by atoms with Crippen molar-refractivity contribution < 1.29 is 19.4 Å². The van der Waals surface area contributed by atoms with Crippen molar-refractivity contribution >= 4 is 44.8 Å². The largest absolute Gasteiger partial charge is 0.507 e. The number of aliphatic hydroxyl groups excluding tert-OH is 1. The molecule has 0 aliphatic carbocycles. The Kier molecular flexibility index (Phi) is 7.50. The normalized spacial score (nSPS) is 16.9. The number of hydrogen-bond donors (Lipinski definition) is 1. The number of nitrogens with zero attached hydrogens (tertiary/aromatic N) is 2. The maximum absolute atomic E-state index is 13.4. The summed E-state index contributed by atoms with van der Waals surface area (Å²) in [6.45, 7) is 7.85. The standard InChI is InChI=1S/C29H29BrN2O4/c1-5-31(6-2)21-11-13-22(14-12-21)32-26(19-9-7-8-18(3)16-19)25(28(34)29(32)35)27(33)20-10-15-24(36-4)23(30)17-20/h7-17,26,33H,5-6H2,1-4H3/b27-25-.